The third-order valence-corrected chi connectivity index (χ3v) is 3.53. The van der Waals surface area contributed by atoms with Crippen LogP contribution < -0.4 is 0 Å². The maximum atomic E-state index is 12.4. The molecule has 1 amide bonds. The van der Waals surface area contributed by atoms with Gasteiger partial charge < -0.3 is 10.0 Å². The van der Waals surface area contributed by atoms with Crippen molar-refractivity contribution in [3.05, 3.63) is 35.4 Å². The highest BCUT2D eigenvalue weighted by Crippen LogP contribution is 2.10. The third kappa shape index (κ3) is 3.81. The number of hydrogen-bond acceptors (Lipinski definition) is 3. The summed E-state index contributed by atoms with van der Waals surface area (Å²) in [6.45, 7) is 4.65. The van der Waals surface area contributed by atoms with Gasteiger partial charge in [0.2, 0.25) is 0 Å². The average molecular weight is 276 g/mol. The maximum absolute atomic E-state index is 12.4. The van der Waals surface area contributed by atoms with Crippen LogP contribution in [0.1, 0.15) is 22.3 Å². The number of carboxylic acids is 1. The SMILES string of the molecule is Cc1ccc(C(=O)N2CCCN(CC(=O)O)CC2)cc1. The van der Waals surface area contributed by atoms with Crippen molar-refractivity contribution < 1.29 is 14.7 Å². The van der Waals surface area contributed by atoms with Crippen molar-refractivity contribution in [2.75, 3.05) is 32.7 Å². The fraction of sp³-hybridized carbons (Fsp3) is 0.467. The van der Waals surface area contributed by atoms with E-state index in [9.17, 15) is 9.59 Å². The molecule has 1 aromatic carbocycles. The van der Waals surface area contributed by atoms with Gasteiger partial charge in [0, 0.05) is 31.7 Å². The fourth-order valence-electron chi connectivity index (χ4n) is 2.40. The quantitative estimate of drug-likeness (QED) is 0.902. The smallest absolute Gasteiger partial charge is 0.317 e. The zero-order valence-electron chi connectivity index (χ0n) is 11.7. The van der Waals surface area contributed by atoms with Crippen LogP contribution in [0.2, 0.25) is 0 Å². The van der Waals surface area contributed by atoms with Crippen LogP contribution in [0.25, 0.3) is 0 Å². The van der Waals surface area contributed by atoms with Crippen molar-refractivity contribution in [3.8, 4) is 0 Å². The van der Waals surface area contributed by atoms with E-state index in [1.807, 2.05) is 41.0 Å². The molecule has 1 aromatic rings. The summed E-state index contributed by atoms with van der Waals surface area (Å²) < 4.78 is 0. The lowest BCUT2D eigenvalue weighted by Crippen LogP contribution is -2.36. The Morgan fingerprint density at radius 1 is 1.10 bits per heavy atom. The minimum absolute atomic E-state index is 0.0298. The molecule has 20 heavy (non-hydrogen) atoms. The van der Waals surface area contributed by atoms with Crippen molar-refractivity contribution in [2.24, 2.45) is 0 Å². The molecule has 0 aromatic heterocycles. The second-order valence-corrected chi connectivity index (χ2v) is 5.18. The summed E-state index contributed by atoms with van der Waals surface area (Å²) in [5, 5.41) is 8.81. The summed E-state index contributed by atoms with van der Waals surface area (Å²) in [6, 6.07) is 7.55. The first kappa shape index (κ1) is 14.5. The van der Waals surface area contributed by atoms with Gasteiger partial charge in [-0.15, -0.1) is 0 Å². The summed E-state index contributed by atoms with van der Waals surface area (Å²) in [7, 11) is 0. The standard InChI is InChI=1S/C15H20N2O3/c1-12-3-5-13(6-4-12)15(20)17-8-2-7-16(9-10-17)11-14(18)19/h3-6H,2,7-11H2,1H3,(H,18,19). The molecular weight excluding hydrogens is 256 g/mol. The Labute approximate surface area is 118 Å². The van der Waals surface area contributed by atoms with Crippen LogP contribution >= 0.6 is 0 Å². The molecule has 0 aliphatic carbocycles. The summed E-state index contributed by atoms with van der Waals surface area (Å²) in [6.07, 6.45) is 0.810. The first-order valence-corrected chi connectivity index (χ1v) is 6.86. The van der Waals surface area contributed by atoms with Gasteiger partial charge in [-0.05, 0) is 25.5 Å². The lowest BCUT2D eigenvalue weighted by atomic mass is 10.1. The summed E-state index contributed by atoms with van der Waals surface area (Å²) in [5.74, 6) is -0.787. The third-order valence-electron chi connectivity index (χ3n) is 3.53. The molecule has 1 aliphatic rings. The van der Waals surface area contributed by atoms with E-state index >= 15 is 0 Å². The van der Waals surface area contributed by atoms with Crippen molar-refractivity contribution in [3.63, 3.8) is 0 Å². The van der Waals surface area contributed by atoms with Gasteiger partial charge >= 0.3 is 5.97 Å². The normalized spacial score (nSPS) is 16.8. The number of rotatable bonds is 3. The zero-order chi connectivity index (χ0) is 14.5. The summed E-state index contributed by atoms with van der Waals surface area (Å²) >= 11 is 0. The summed E-state index contributed by atoms with van der Waals surface area (Å²) in [5.41, 5.74) is 1.83. The van der Waals surface area contributed by atoms with Crippen LogP contribution in [-0.2, 0) is 4.79 Å². The molecule has 1 saturated heterocycles. The minimum Gasteiger partial charge on any atom is -0.480 e. The molecule has 1 fully saturated rings. The first-order chi connectivity index (χ1) is 9.56. The maximum Gasteiger partial charge on any atom is 0.317 e. The Bertz CT molecular complexity index is 484. The Balaban J connectivity index is 1.97. The van der Waals surface area contributed by atoms with Gasteiger partial charge in [0.1, 0.15) is 0 Å². The molecule has 2 rings (SSSR count). The zero-order valence-corrected chi connectivity index (χ0v) is 11.7. The molecule has 1 heterocycles. The van der Waals surface area contributed by atoms with Gasteiger partial charge in [-0.3, -0.25) is 14.5 Å². The van der Waals surface area contributed by atoms with Crippen molar-refractivity contribution in [2.45, 2.75) is 13.3 Å². The van der Waals surface area contributed by atoms with E-state index in [-0.39, 0.29) is 12.5 Å². The summed E-state index contributed by atoms with van der Waals surface area (Å²) in [4.78, 5) is 26.8. The molecule has 0 spiro atoms. The Morgan fingerprint density at radius 3 is 2.45 bits per heavy atom. The lowest BCUT2D eigenvalue weighted by molar-refractivity contribution is -0.138. The van der Waals surface area contributed by atoms with Gasteiger partial charge in [-0.25, -0.2) is 0 Å². The van der Waals surface area contributed by atoms with Gasteiger partial charge in [-0.1, -0.05) is 17.7 Å². The minimum atomic E-state index is -0.816. The molecule has 5 nitrogen and oxygen atoms in total. The van der Waals surface area contributed by atoms with E-state index in [0.29, 0.717) is 25.2 Å². The van der Waals surface area contributed by atoms with Gasteiger partial charge in [-0.2, -0.15) is 0 Å². The van der Waals surface area contributed by atoms with Crippen LogP contribution in [0.3, 0.4) is 0 Å². The molecule has 0 unspecified atom stereocenters. The predicted molar refractivity (Wildman–Crippen MR) is 75.8 cm³/mol. The van der Waals surface area contributed by atoms with E-state index in [2.05, 4.69) is 0 Å². The van der Waals surface area contributed by atoms with E-state index in [1.54, 1.807) is 0 Å². The number of amides is 1. The topological polar surface area (TPSA) is 60.9 Å². The van der Waals surface area contributed by atoms with E-state index in [0.717, 1.165) is 18.5 Å². The fourth-order valence-corrected chi connectivity index (χ4v) is 2.40. The second-order valence-electron chi connectivity index (χ2n) is 5.18. The number of carboxylic acid groups (broad SMARTS) is 1. The molecular formula is C15H20N2O3. The molecule has 0 atom stereocenters. The van der Waals surface area contributed by atoms with Crippen molar-refractivity contribution in [1.82, 2.24) is 9.80 Å². The Morgan fingerprint density at radius 2 is 1.80 bits per heavy atom. The highest BCUT2D eigenvalue weighted by molar-refractivity contribution is 5.94. The highest BCUT2D eigenvalue weighted by atomic mass is 16.4. The number of carbonyl (C=O) groups excluding carboxylic acids is 1. The van der Waals surface area contributed by atoms with Crippen LogP contribution in [0.15, 0.2) is 24.3 Å². The monoisotopic (exact) mass is 276 g/mol. The second kappa shape index (κ2) is 6.52. The van der Waals surface area contributed by atoms with Crippen LogP contribution in [0.5, 0.6) is 0 Å². The van der Waals surface area contributed by atoms with Gasteiger partial charge in [0.05, 0.1) is 6.54 Å². The van der Waals surface area contributed by atoms with Gasteiger partial charge in [0.15, 0.2) is 0 Å². The van der Waals surface area contributed by atoms with E-state index in [1.165, 1.54) is 0 Å². The Hall–Kier alpha value is -1.88. The molecule has 0 saturated carbocycles. The molecule has 0 radical (unpaired) electrons. The first-order valence-electron chi connectivity index (χ1n) is 6.86. The van der Waals surface area contributed by atoms with Crippen molar-refractivity contribution >= 4 is 11.9 Å². The van der Waals surface area contributed by atoms with Crippen LogP contribution in [0.4, 0.5) is 0 Å². The van der Waals surface area contributed by atoms with Crippen molar-refractivity contribution in [1.29, 1.82) is 0 Å². The molecule has 108 valence electrons. The number of hydrogen-bond donors (Lipinski definition) is 1. The largest absolute Gasteiger partial charge is 0.480 e. The number of aliphatic carboxylic acids is 1. The van der Waals surface area contributed by atoms with Crippen LogP contribution in [-0.4, -0.2) is 59.5 Å². The predicted octanol–water partition coefficient (Wildman–Crippen LogP) is 1.23. The average Bonchev–Trinajstić information content (AvgIpc) is 2.64. The highest BCUT2D eigenvalue weighted by Gasteiger charge is 2.21. The number of nitrogens with zero attached hydrogens (tertiary/aromatic N) is 2. The number of carbonyl (C=O) groups is 2. The molecule has 1 aliphatic heterocycles. The number of aryl methyl sites for hydroxylation is 1. The van der Waals surface area contributed by atoms with Crippen LogP contribution in [0, 0.1) is 6.92 Å². The van der Waals surface area contributed by atoms with Gasteiger partial charge in [0.25, 0.3) is 5.91 Å². The Kier molecular flexibility index (Phi) is 4.74. The van der Waals surface area contributed by atoms with E-state index in [4.69, 9.17) is 5.11 Å². The van der Waals surface area contributed by atoms with E-state index < -0.39 is 5.97 Å². The number of benzene rings is 1. The molecule has 1 N–H and O–H groups in total. The lowest BCUT2D eigenvalue weighted by Gasteiger charge is -2.21. The molecule has 5 heteroatoms. The molecule has 0 bridgehead atoms.